The molecule has 2 aromatic rings. The first-order valence-electron chi connectivity index (χ1n) is 7.81. The quantitative estimate of drug-likeness (QED) is 0.892. The lowest BCUT2D eigenvalue weighted by Crippen LogP contribution is -2.31. The van der Waals surface area contributed by atoms with Crippen molar-refractivity contribution < 1.29 is 0 Å². The highest BCUT2D eigenvalue weighted by Crippen LogP contribution is 2.20. The van der Waals surface area contributed by atoms with Crippen LogP contribution in [0.4, 0.5) is 0 Å². The Kier molecular flexibility index (Phi) is 6.41. The molecule has 0 spiro atoms. The Labute approximate surface area is 149 Å². The van der Waals surface area contributed by atoms with Gasteiger partial charge in [0.25, 0.3) is 0 Å². The van der Waals surface area contributed by atoms with Crippen LogP contribution < -0.4 is 5.32 Å². The van der Waals surface area contributed by atoms with Gasteiger partial charge >= 0.3 is 0 Å². The van der Waals surface area contributed by atoms with Crippen LogP contribution in [-0.4, -0.2) is 39.3 Å². The molecule has 1 aromatic carbocycles. The van der Waals surface area contributed by atoms with Crippen LogP contribution >= 0.6 is 24.8 Å². The molecule has 7 heteroatoms. The maximum absolute atomic E-state index is 4.43. The van der Waals surface area contributed by atoms with Gasteiger partial charge in [-0.2, -0.15) is 0 Å². The SMILES string of the molecule is Cl.Cl.c1ccc2c(c1)CCN(Cc1nnc3n1CCNCC3)C2. The largest absolute Gasteiger partial charge is 0.315 e. The van der Waals surface area contributed by atoms with Gasteiger partial charge in [0.1, 0.15) is 11.6 Å². The Bertz CT molecular complexity index is 643. The molecule has 2 aliphatic heterocycles. The average Bonchev–Trinajstić information content (AvgIpc) is 2.75. The molecule has 0 atom stereocenters. The van der Waals surface area contributed by atoms with Crippen LogP contribution in [0.2, 0.25) is 0 Å². The summed E-state index contributed by atoms with van der Waals surface area (Å²) in [4.78, 5) is 2.48. The zero-order valence-corrected chi connectivity index (χ0v) is 14.7. The molecule has 1 aromatic heterocycles. The van der Waals surface area contributed by atoms with E-state index in [9.17, 15) is 0 Å². The third-order valence-electron chi connectivity index (χ3n) is 4.52. The number of aromatic nitrogens is 3. The van der Waals surface area contributed by atoms with Gasteiger partial charge in [-0.15, -0.1) is 35.0 Å². The molecular weight excluding hydrogens is 333 g/mol. The summed E-state index contributed by atoms with van der Waals surface area (Å²) in [5.41, 5.74) is 2.96. The van der Waals surface area contributed by atoms with E-state index in [0.717, 1.165) is 63.8 Å². The minimum absolute atomic E-state index is 0. The summed E-state index contributed by atoms with van der Waals surface area (Å²) in [6.07, 6.45) is 2.12. The van der Waals surface area contributed by atoms with Gasteiger partial charge in [-0.25, -0.2) is 0 Å². The number of fused-ring (bicyclic) bond motifs is 2. The first kappa shape index (κ1) is 18.2. The first-order valence-corrected chi connectivity index (χ1v) is 7.81. The zero-order chi connectivity index (χ0) is 14.1. The number of hydrogen-bond donors (Lipinski definition) is 1. The molecule has 5 nitrogen and oxygen atoms in total. The third kappa shape index (κ3) is 3.86. The summed E-state index contributed by atoms with van der Waals surface area (Å²) < 4.78 is 2.31. The Hall–Kier alpha value is -1.14. The summed E-state index contributed by atoms with van der Waals surface area (Å²) in [6.45, 7) is 6.05. The Morgan fingerprint density at radius 3 is 2.65 bits per heavy atom. The van der Waals surface area contributed by atoms with Crippen molar-refractivity contribution in [2.24, 2.45) is 0 Å². The highest BCUT2D eigenvalue weighted by atomic mass is 35.5. The van der Waals surface area contributed by atoms with E-state index in [1.54, 1.807) is 0 Å². The number of nitrogens with zero attached hydrogens (tertiary/aromatic N) is 4. The van der Waals surface area contributed by atoms with E-state index < -0.39 is 0 Å². The number of benzene rings is 1. The van der Waals surface area contributed by atoms with Crippen molar-refractivity contribution >= 4 is 24.8 Å². The van der Waals surface area contributed by atoms with Crippen LogP contribution in [0.25, 0.3) is 0 Å². The standard InChI is InChI=1S/C16H21N5.2ClH/c1-2-4-14-11-20(9-6-13(14)3-1)12-16-19-18-15-5-7-17-8-10-21(15)16;;/h1-4,17H,5-12H2;2*1H. The molecule has 2 aliphatic rings. The van der Waals surface area contributed by atoms with E-state index >= 15 is 0 Å². The van der Waals surface area contributed by atoms with E-state index in [2.05, 4.69) is 49.2 Å². The molecule has 0 bridgehead atoms. The third-order valence-corrected chi connectivity index (χ3v) is 4.52. The van der Waals surface area contributed by atoms with Crippen molar-refractivity contribution in [2.75, 3.05) is 19.6 Å². The van der Waals surface area contributed by atoms with Crippen molar-refractivity contribution in [3.8, 4) is 0 Å². The molecular formula is C16H23Cl2N5. The molecule has 0 amide bonds. The van der Waals surface area contributed by atoms with Gasteiger partial charge < -0.3 is 9.88 Å². The van der Waals surface area contributed by atoms with E-state index in [1.165, 1.54) is 11.1 Å². The van der Waals surface area contributed by atoms with Crippen LogP contribution in [0.5, 0.6) is 0 Å². The molecule has 0 saturated heterocycles. The molecule has 4 rings (SSSR count). The fourth-order valence-corrected chi connectivity index (χ4v) is 3.34. The molecule has 23 heavy (non-hydrogen) atoms. The summed E-state index contributed by atoms with van der Waals surface area (Å²) in [6, 6.07) is 8.77. The van der Waals surface area contributed by atoms with Crippen LogP contribution in [-0.2, 0) is 32.5 Å². The summed E-state index contributed by atoms with van der Waals surface area (Å²) in [5.74, 6) is 2.25. The van der Waals surface area contributed by atoms with Gasteiger partial charge in [0.2, 0.25) is 0 Å². The molecule has 1 N–H and O–H groups in total. The second-order valence-corrected chi connectivity index (χ2v) is 5.91. The average molecular weight is 356 g/mol. The molecule has 0 unspecified atom stereocenters. The molecule has 0 saturated carbocycles. The number of hydrogen-bond acceptors (Lipinski definition) is 4. The highest BCUT2D eigenvalue weighted by molar-refractivity contribution is 5.85. The second kappa shape index (κ2) is 8.11. The fraction of sp³-hybridized carbons (Fsp3) is 0.500. The van der Waals surface area contributed by atoms with Crippen molar-refractivity contribution in [1.82, 2.24) is 25.0 Å². The molecule has 3 heterocycles. The summed E-state index contributed by atoms with van der Waals surface area (Å²) >= 11 is 0. The normalized spacial score (nSPS) is 17.2. The molecule has 126 valence electrons. The maximum atomic E-state index is 4.43. The predicted molar refractivity (Wildman–Crippen MR) is 95.4 cm³/mol. The van der Waals surface area contributed by atoms with E-state index in [1.807, 2.05) is 0 Å². The number of rotatable bonds is 2. The number of halogens is 2. The van der Waals surface area contributed by atoms with Gasteiger partial charge in [-0.1, -0.05) is 24.3 Å². The van der Waals surface area contributed by atoms with Gasteiger partial charge in [0.05, 0.1) is 6.54 Å². The van der Waals surface area contributed by atoms with Gasteiger partial charge in [-0.3, -0.25) is 4.90 Å². The van der Waals surface area contributed by atoms with Crippen LogP contribution in [0.3, 0.4) is 0 Å². The van der Waals surface area contributed by atoms with Gasteiger partial charge in [0.15, 0.2) is 0 Å². The second-order valence-electron chi connectivity index (χ2n) is 5.91. The minimum Gasteiger partial charge on any atom is -0.315 e. The van der Waals surface area contributed by atoms with Crippen molar-refractivity contribution in [3.05, 3.63) is 47.0 Å². The first-order chi connectivity index (χ1) is 10.4. The van der Waals surface area contributed by atoms with Gasteiger partial charge in [0, 0.05) is 39.1 Å². The Morgan fingerprint density at radius 1 is 0.957 bits per heavy atom. The molecule has 0 aliphatic carbocycles. The lowest BCUT2D eigenvalue weighted by atomic mass is 10.00. The Morgan fingerprint density at radius 2 is 1.78 bits per heavy atom. The lowest BCUT2D eigenvalue weighted by molar-refractivity contribution is 0.235. The van der Waals surface area contributed by atoms with Crippen LogP contribution in [0, 0.1) is 0 Å². The van der Waals surface area contributed by atoms with Crippen molar-refractivity contribution in [1.29, 1.82) is 0 Å². The van der Waals surface area contributed by atoms with E-state index in [0.29, 0.717) is 0 Å². The van der Waals surface area contributed by atoms with Crippen LogP contribution in [0.15, 0.2) is 24.3 Å². The lowest BCUT2D eigenvalue weighted by Gasteiger charge is -2.28. The molecule has 0 radical (unpaired) electrons. The fourth-order valence-electron chi connectivity index (χ4n) is 3.34. The summed E-state index contributed by atoms with van der Waals surface area (Å²) in [7, 11) is 0. The summed E-state index contributed by atoms with van der Waals surface area (Å²) in [5, 5.41) is 12.2. The maximum Gasteiger partial charge on any atom is 0.147 e. The van der Waals surface area contributed by atoms with Crippen molar-refractivity contribution in [3.63, 3.8) is 0 Å². The Balaban J connectivity index is 0.000000960. The van der Waals surface area contributed by atoms with Crippen molar-refractivity contribution in [2.45, 2.75) is 32.5 Å². The topological polar surface area (TPSA) is 46.0 Å². The van der Waals surface area contributed by atoms with Gasteiger partial charge in [-0.05, 0) is 17.5 Å². The van der Waals surface area contributed by atoms with Crippen LogP contribution in [0.1, 0.15) is 22.8 Å². The zero-order valence-electron chi connectivity index (χ0n) is 13.1. The number of nitrogens with one attached hydrogen (secondary N) is 1. The van der Waals surface area contributed by atoms with E-state index in [-0.39, 0.29) is 24.8 Å². The predicted octanol–water partition coefficient (Wildman–Crippen LogP) is 1.83. The van der Waals surface area contributed by atoms with E-state index in [4.69, 9.17) is 0 Å². The molecule has 0 fully saturated rings. The highest BCUT2D eigenvalue weighted by Gasteiger charge is 2.20. The smallest absolute Gasteiger partial charge is 0.147 e. The minimum atomic E-state index is 0. The monoisotopic (exact) mass is 355 g/mol.